The van der Waals surface area contributed by atoms with E-state index >= 15 is 0 Å². The number of ether oxygens (including phenoxy) is 1. The summed E-state index contributed by atoms with van der Waals surface area (Å²) in [6, 6.07) is 0. The number of rotatable bonds is 13. The number of amides is 2. The summed E-state index contributed by atoms with van der Waals surface area (Å²) in [7, 11) is 0. The van der Waals surface area contributed by atoms with Crippen LogP contribution >= 0.6 is 34.9 Å². The number of hydrogen-bond donors (Lipinski definition) is 2. The Balaban J connectivity index is 2.17. The summed E-state index contributed by atoms with van der Waals surface area (Å²) in [5.74, 6) is 0.139. The van der Waals surface area contributed by atoms with Gasteiger partial charge in [0, 0.05) is 19.5 Å². The van der Waals surface area contributed by atoms with Crippen molar-refractivity contribution in [3.8, 4) is 0 Å². The molecule has 1 aromatic rings. The van der Waals surface area contributed by atoms with Crippen LogP contribution in [0, 0.1) is 0 Å². The third kappa shape index (κ3) is 10.6. The van der Waals surface area contributed by atoms with Crippen molar-refractivity contribution in [2.45, 2.75) is 41.8 Å². The zero-order valence-corrected chi connectivity index (χ0v) is 17.4. The van der Waals surface area contributed by atoms with Crippen molar-refractivity contribution in [1.82, 2.24) is 20.8 Å². The van der Waals surface area contributed by atoms with E-state index in [9.17, 15) is 14.4 Å². The summed E-state index contributed by atoms with van der Waals surface area (Å²) in [4.78, 5) is 34.5. The lowest BCUT2D eigenvalue weighted by atomic mass is 10.3. The molecule has 0 saturated carbocycles. The fourth-order valence-electron chi connectivity index (χ4n) is 1.63. The topological polar surface area (TPSA) is 110 Å². The van der Waals surface area contributed by atoms with Gasteiger partial charge in [0.2, 0.25) is 11.8 Å². The van der Waals surface area contributed by atoms with Gasteiger partial charge in [0.1, 0.15) is 0 Å². The molecule has 0 aliphatic heterocycles. The van der Waals surface area contributed by atoms with E-state index in [2.05, 4.69) is 20.8 Å². The Hall–Kier alpha value is -1.33. The SMILES string of the molecule is CCCNC(=O)CSc1nnc(SCC(=O)NCCCC(=O)OCC)s1. The molecule has 11 heteroatoms. The van der Waals surface area contributed by atoms with Crippen molar-refractivity contribution >= 4 is 52.6 Å². The van der Waals surface area contributed by atoms with Crippen LogP contribution in [0.25, 0.3) is 0 Å². The molecule has 8 nitrogen and oxygen atoms in total. The Bertz CT molecular complexity index is 583. The molecule has 0 unspecified atom stereocenters. The Kier molecular flexibility index (Phi) is 12.1. The van der Waals surface area contributed by atoms with Crippen LogP contribution in [0.3, 0.4) is 0 Å². The third-order valence-corrected chi connectivity index (χ3v) is 5.99. The smallest absolute Gasteiger partial charge is 0.305 e. The van der Waals surface area contributed by atoms with E-state index < -0.39 is 0 Å². The predicted octanol–water partition coefficient (Wildman–Crippen LogP) is 1.71. The Labute approximate surface area is 165 Å². The largest absolute Gasteiger partial charge is 0.466 e. The van der Waals surface area contributed by atoms with Gasteiger partial charge in [0.25, 0.3) is 0 Å². The molecular weight excluding hydrogens is 396 g/mol. The van der Waals surface area contributed by atoms with E-state index in [0.717, 1.165) is 6.42 Å². The first-order valence-electron chi connectivity index (χ1n) is 8.33. The fourth-order valence-corrected chi connectivity index (χ4v) is 4.31. The average molecular weight is 421 g/mol. The van der Waals surface area contributed by atoms with Gasteiger partial charge in [-0.05, 0) is 19.8 Å². The van der Waals surface area contributed by atoms with Gasteiger partial charge in [-0.3, -0.25) is 14.4 Å². The molecule has 0 atom stereocenters. The van der Waals surface area contributed by atoms with Gasteiger partial charge in [-0.25, -0.2) is 0 Å². The van der Waals surface area contributed by atoms with Crippen LogP contribution in [0.5, 0.6) is 0 Å². The minimum atomic E-state index is -0.251. The quantitative estimate of drug-likeness (QED) is 0.282. The highest BCUT2D eigenvalue weighted by Crippen LogP contribution is 2.28. The summed E-state index contributed by atoms with van der Waals surface area (Å²) < 4.78 is 6.20. The number of nitrogens with zero attached hydrogens (tertiary/aromatic N) is 2. The molecule has 2 amide bonds. The highest BCUT2D eigenvalue weighted by atomic mass is 32.2. The second-order valence-electron chi connectivity index (χ2n) is 5.02. The molecule has 0 aliphatic rings. The predicted molar refractivity (Wildman–Crippen MR) is 104 cm³/mol. The first-order valence-corrected chi connectivity index (χ1v) is 11.1. The highest BCUT2D eigenvalue weighted by Gasteiger charge is 2.10. The molecular formula is C15H24N4O4S3. The van der Waals surface area contributed by atoms with E-state index in [1.165, 1.54) is 34.9 Å². The average Bonchev–Trinajstić information content (AvgIpc) is 3.08. The van der Waals surface area contributed by atoms with Gasteiger partial charge in [-0.15, -0.1) is 10.2 Å². The summed E-state index contributed by atoms with van der Waals surface area (Å²) in [6.45, 7) is 5.23. The van der Waals surface area contributed by atoms with E-state index in [1.807, 2.05) is 6.92 Å². The van der Waals surface area contributed by atoms with Crippen molar-refractivity contribution in [3.63, 3.8) is 0 Å². The van der Waals surface area contributed by atoms with Crippen molar-refractivity contribution in [1.29, 1.82) is 0 Å². The zero-order chi connectivity index (χ0) is 19.2. The first kappa shape index (κ1) is 22.7. The number of thioether (sulfide) groups is 2. The van der Waals surface area contributed by atoms with Crippen LogP contribution in [0.15, 0.2) is 8.68 Å². The monoisotopic (exact) mass is 420 g/mol. The molecule has 0 aliphatic carbocycles. The Morgan fingerprint density at radius 1 is 1.00 bits per heavy atom. The lowest BCUT2D eigenvalue weighted by molar-refractivity contribution is -0.143. The molecule has 0 saturated heterocycles. The number of nitrogens with one attached hydrogen (secondary N) is 2. The Morgan fingerprint density at radius 2 is 1.58 bits per heavy atom. The number of esters is 1. The lowest BCUT2D eigenvalue weighted by Crippen LogP contribution is -2.26. The molecule has 1 rings (SSSR count). The summed E-state index contributed by atoms with van der Waals surface area (Å²) in [6.07, 6.45) is 1.75. The maximum absolute atomic E-state index is 11.8. The normalized spacial score (nSPS) is 10.4. The van der Waals surface area contributed by atoms with Gasteiger partial charge < -0.3 is 15.4 Å². The molecule has 2 N–H and O–H groups in total. The van der Waals surface area contributed by atoms with Crippen LogP contribution in [0.1, 0.15) is 33.1 Å². The van der Waals surface area contributed by atoms with Gasteiger partial charge in [-0.2, -0.15) is 0 Å². The summed E-state index contributed by atoms with van der Waals surface area (Å²) in [5, 5.41) is 13.6. The zero-order valence-electron chi connectivity index (χ0n) is 14.9. The van der Waals surface area contributed by atoms with Gasteiger partial charge in [0.15, 0.2) is 8.68 Å². The lowest BCUT2D eigenvalue weighted by Gasteiger charge is -2.04. The molecule has 1 aromatic heterocycles. The minimum Gasteiger partial charge on any atom is -0.466 e. The molecule has 26 heavy (non-hydrogen) atoms. The molecule has 146 valence electrons. The Morgan fingerprint density at radius 3 is 2.12 bits per heavy atom. The van der Waals surface area contributed by atoms with Crippen molar-refractivity contribution in [2.75, 3.05) is 31.2 Å². The third-order valence-electron chi connectivity index (χ3n) is 2.80. The van der Waals surface area contributed by atoms with Crippen LogP contribution in [0.4, 0.5) is 0 Å². The molecule has 0 fully saturated rings. The van der Waals surface area contributed by atoms with E-state index in [4.69, 9.17) is 4.74 Å². The maximum atomic E-state index is 11.8. The molecule has 0 aromatic carbocycles. The number of carbonyl (C=O) groups is 3. The van der Waals surface area contributed by atoms with Crippen LogP contribution in [-0.2, 0) is 19.1 Å². The molecule has 1 heterocycles. The van der Waals surface area contributed by atoms with Gasteiger partial charge in [-0.1, -0.05) is 41.8 Å². The molecule has 0 spiro atoms. The number of hydrogen-bond acceptors (Lipinski definition) is 9. The van der Waals surface area contributed by atoms with E-state index in [1.54, 1.807) is 6.92 Å². The first-order chi connectivity index (χ1) is 12.5. The van der Waals surface area contributed by atoms with Gasteiger partial charge in [0.05, 0.1) is 18.1 Å². The van der Waals surface area contributed by atoms with Gasteiger partial charge >= 0.3 is 5.97 Å². The van der Waals surface area contributed by atoms with Crippen molar-refractivity contribution in [3.05, 3.63) is 0 Å². The summed E-state index contributed by atoms with van der Waals surface area (Å²) in [5.41, 5.74) is 0. The molecule has 0 radical (unpaired) electrons. The number of aromatic nitrogens is 2. The maximum Gasteiger partial charge on any atom is 0.305 e. The number of carbonyl (C=O) groups excluding carboxylic acids is 3. The van der Waals surface area contributed by atoms with Crippen molar-refractivity contribution < 1.29 is 19.1 Å². The van der Waals surface area contributed by atoms with E-state index in [-0.39, 0.29) is 23.5 Å². The van der Waals surface area contributed by atoms with Crippen molar-refractivity contribution in [2.24, 2.45) is 0 Å². The van der Waals surface area contributed by atoms with Crippen LogP contribution in [0.2, 0.25) is 0 Å². The van der Waals surface area contributed by atoms with Crippen LogP contribution in [-0.4, -0.2) is 59.2 Å². The fraction of sp³-hybridized carbons (Fsp3) is 0.667. The minimum absolute atomic E-state index is 0.0246. The standard InChI is InChI=1S/C15H24N4O4S3/c1-3-7-16-11(20)9-24-14-18-19-15(26-14)25-10-12(21)17-8-5-6-13(22)23-4-2/h3-10H2,1-2H3,(H,16,20)(H,17,21). The second kappa shape index (κ2) is 13.8. The highest BCUT2D eigenvalue weighted by molar-refractivity contribution is 8.03. The van der Waals surface area contributed by atoms with Crippen LogP contribution < -0.4 is 10.6 Å². The molecule has 0 bridgehead atoms. The second-order valence-corrected chi connectivity index (χ2v) is 8.44. The van der Waals surface area contributed by atoms with E-state index in [0.29, 0.717) is 47.0 Å². The summed E-state index contributed by atoms with van der Waals surface area (Å²) >= 11 is 3.99.